The first-order valence-corrected chi connectivity index (χ1v) is 8.85. The minimum Gasteiger partial charge on any atom is -0.497 e. The third-order valence-corrected chi connectivity index (χ3v) is 4.34. The molecule has 0 unspecified atom stereocenters. The highest BCUT2D eigenvalue weighted by Crippen LogP contribution is 2.29. The fourth-order valence-electron chi connectivity index (χ4n) is 2.78. The average molecular weight is 377 g/mol. The Morgan fingerprint density at radius 3 is 2.46 bits per heavy atom. The summed E-state index contributed by atoms with van der Waals surface area (Å²) >= 11 is 0. The molecule has 1 heterocycles. The maximum Gasteiger partial charge on any atom is 0.274 e. The molecule has 0 bridgehead atoms. The molecule has 1 N–H and O–H groups in total. The van der Waals surface area contributed by atoms with Crippen LogP contribution in [0.2, 0.25) is 0 Å². The highest BCUT2D eigenvalue weighted by molar-refractivity contribution is 6.03. The third kappa shape index (κ3) is 4.59. The van der Waals surface area contributed by atoms with E-state index >= 15 is 0 Å². The molecule has 3 aromatic rings. The fourth-order valence-corrected chi connectivity index (χ4v) is 2.78. The summed E-state index contributed by atoms with van der Waals surface area (Å²) in [6.45, 7) is 0.761. The van der Waals surface area contributed by atoms with Gasteiger partial charge >= 0.3 is 0 Å². The van der Waals surface area contributed by atoms with Gasteiger partial charge in [-0.3, -0.25) is 4.79 Å². The monoisotopic (exact) mass is 377 g/mol. The molecule has 1 amide bonds. The Balaban J connectivity index is 1.68. The lowest BCUT2D eigenvalue weighted by atomic mass is 10.2. The number of nitrogens with zero attached hydrogens (tertiary/aromatic N) is 2. The van der Waals surface area contributed by atoms with E-state index in [0.29, 0.717) is 22.9 Å². The quantitative estimate of drug-likeness (QED) is 0.675. The minimum atomic E-state index is -0.305. The van der Waals surface area contributed by atoms with Crippen LogP contribution < -0.4 is 19.7 Å². The molecule has 3 rings (SSSR count). The summed E-state index contributed by atoms with van der Waals surface area (Å²) in [6.07, 6.45) is 1.70. The standard InChI is InChI=1S/C22H23N3O3/c1-25(15-16-7-5-4-6-8-16)17-9-11-20(23-14-17)22(26)24-19-12-10-18(27-2)13-21(19)28-3/h4-14H,15H2,1-3H3,(H,24,26). The summed E-state index contributed by atoms with van der Waals surface area (Å²) in [7, 11) is 5.11. The van der Waals surface area contributed by atoms with Gasteiger partial charge in [0, 0.05) is 19.7 Å². The Kier molecular flexibility index (Phi) is 6.11. The molecule has 0 radical (unpaired) electrons. The van der Waals surface area contributed by atoms with Crippen LogP contribution in [0.25, 0.3) is 0 Å². The van der Waals surface area contributed by atoms with Crippen molar-refractivity contribution < 1.29 is 14.3 Å². The van der Waals surface area contributed by atoms with E-state index < -0.39 is 0 Å². The van der Waals surface area contributed by atoms with Crippen LogP contribution in [-0.4, -0.2) is 32.2 Å². The molecule has 0 saturated heterocycles. The van der Waals surface area contributed by atoms with Gasteiger partial charge in [-0.2, -0.15) is 0 Å². The van der Waals surface area contributed by atoms with Gasteiger partial charge in [0.15, 0.2) is 0 Å². The van der Waals surface area contributed by atoms with Gasteiger partial charge < -0.3 is 19.7 Å². The lowest BCUT2D eigenvalue weighted by Gasteiger charge is -2.19. The number of aromatic nitrogens is 1. The first-order chi connectivity index (χ1) is 13.6. The van der Waals surface area contributed by atoms with Crippen molar-refractivity contribution in [3.63, 3.8) is 0 Å². The second kappa shape index (κ2) is 8.90. The summed E-state index contributed by atoms with van der Waals surface area (Å²) < 4.78 is 10.5. The second-order valence-corrected chi connectivity index (χ2v) is 6.26. The summed E-state index contributed by atoms with van der Waals surface area (Å²) in [4.78, 5) is 18.9. The topological polar surface area (TPSA) is 63.7 Å². The van der Waals surface area contributed by atoms with E-state index in [1.54, 1.807) is 44.7 Å². The molecule has 2 aromatic carbocycles. The number of nitrogens with one attached hydrogen (secondary N) is 1. The number of ether oxygens (including phenoxy) is 2. The summed E-state index contributed by atoms with van der Waals surface area (Å²) in [5.41, 5.74) is 3.02. The minimum absolute atomic E-state index is 0.305. The van der Waals surface area contributed by atoms with Crippen molar-refractivity contribution in [2.75, 3.05) is 31.5 Å². The maximum atomic E-state index is 12.5. The Bertz CT molecular complexity index is 928. The molecule has 0 fully saturated rings. The highest BCUT2D eigenvalue weighted by atomic mass is 16.5. The molecule has 0 atom stereocenters. The van der Waals surface area contributed by atoms with E-state index in [1.165, 1.54) is 5.56 Å². The van der Waals surface area contributed by atoms with Crippen LogP contribution in [0.3, 0.4) is 0 Å². The number of carbonyl (C=O) groups excluding carboxylic acids is 1. The van der Waals surface area contributed by atoms with Gasteiger partial charge in [-0.05, 0) is 29.8 Å². The Labute approximate surface area is 164 Å². The van der Waals surface area contributed by atoms with Gasteiger partial charge in [0.1, 0.15) is 17.2 Å². The summed E-state index contributed by atoms with van der Waals surface area (Å²) in [5, 5.41) is 2.82. The zero-order valence-electron chi connectivity index (χ0n) is 16.2. The van der Waals surface area contributed by atoms with E-state index in [-0.39, 0.29) is 5.91 Å². The van der Waals surface area contributed by atoms with E-state index in [4.69, 9.17) is 9.47 Å². The zero-order chi connectivity index (χ0) is 19.9. The molecule has 0 aliphatic rings. The largest absolute Gasteiger partial charge is 0.497 e. The van der Waals surface area contributed by atoms with Crippen molar-refractivity contribution in [3.05, 3.63) is 78.1 Å². The number of pyridine rings is 1. The van der Waals surface area contributed by atoms with E-state index in [0.717, 1.165) is 12.2 Å². The van der Waals surface area contributed by atoms with Crippen molar-refractivity contribution >= 4 is 17.3 Å². The number of hydrogen-bond acceptors (Lipinski definition) is 5. The van der Waals surface area contributed by atoms with E-state index in [9.17, 15) is 4.79 Å². The molecule has 1 aromatic heterocycles. The number of rotatable bonds is 7. The molecular weight excluding hydrogens is 354 g/mol. The van der Waals surface area contributed by atoms with Crippen molar-refractivity contribution in [2.24, 2.45) is 0 Å². The number of hydrogen-bond donors (Lipinski definition) is 1. The van der Waals surface area contributed by atoms with Crippen LogP contribution >= 0.6 is 0 Å². The molecule has 144 valence electrons. The van der Waals surface area contributed by atoms with Crippen LogP contribution in [-0.2, 0) is 6.54 Å². The van der Waals surface area contributed by atoms with Crippen LogP contribution in [0.1, 0.15) is 16.1 Å². The number of carbonyl (C=O) groups is 1. The van der Waals surface area contributed by atoms with Gasteiger partial charge in [0.2, 0.25) is 0 Å². The van der Waals surface area contributed by atoms with Crippen molar-refractivity contribution in [1.29, 1.82) is 0 Å². The molecule has 28 heavy (non-hydrogen) atoms. The predicted octanol–water partition coefficient (Wildman–Crippen LogP) is 3.99. The SMILES string of the molecule is COc1ccc(NC(=O)c2ccc(N(C)Cc3ccccc3)cn2)c(OC)c1. The fraction of sp³-hybridized carbons (Fsp3) is 0.182. The molecule has 0 aliphatic carbocycles. The third-order valence-electron chi connectivity index (χ3n) is 4.34. The number of methoxy groups -OCH3 is 2. The number of amides is 1. The van der Waals surface area contributed by atoms with Crippen LogP contribution in [0.5, 0.6) is 11.5 Å². The molecule has 6 heteroatoms. The number of benzene rings is 2. The summed E-state index contributed by atoms with van der Waals surface area (Å²) in [6, 6.07) is 19.0. The zero-order valence-corrected chi connectivity index (χ0v) is 16.2. The molecule has 6 nitrogen and oxygen atoms in total. The van der Waals surface area contributed by atoms with Crippen molar-refractivity contribution in [1.82, 2.24) is 4.98 Å². The lowest BCUT2D eigenvalue weighted by Crippen LogP contribution is -2.18. The summed E-state index contributed by atoms with van der Waals surface area (Å²) in [5.74, 6) is 0.867. The van der Waals surface area contributed by atoms with Crippen LogP contribution in [0.4, 0.5) is 11.4 Å². The van der Waals surface area contributed by atoms with Crippen molar-refractivity contribution in [3.8, 4) is 11.5 Å². The van der Waals surface area contributed by atoms with Gasteiger partial charge in [-0.15, -0.1) is 0 Å². The van der Waals surface area contributed by atoms with E-state index in [1.807, 2.05) is 31.3 Å². The second-order valence-electron chi connectivity index (χ2n) is 6.26. The first kappa shape index (κ1) is 19.2. The van der Waals surface area contributed by atoms with Crippen molar-refractivity contribution in [2.45, 2.75) is 6.54 Å². The smallest absolute Gasteiger partial charge is 0.274 e. The molecular formula is C22H23N3O3. The van der Waals surface area contributed by atoms with Gasteiger partial charge in [-0.1, -0.05) is 30.3 Å². The first-order valence-electron chi connectivity index (χ1n) is 8.85. The van der Waals surface area contributed by atoms with Gasteiger partial charge in [0.05, 0.1) is 31.8 Å². The molecule has 0 aliphatic heterocycles. The van der Waals surface area contributed by atoms with E-state index in [2.05, 4.69) is 27.3 Å². The maximum absolute atomic E-state index is 12.5. The number of anilines is 2. The van der Waals surface area contributed by atoms with Gasteiger partial charge in [-0.25, -0.2) is 4.98 Å². The van der Waals surface area contributed by atoms with Crippen LogP contribution in [0.15, 0.2) is 66.9 Å². The highest BCUT2D eigenvalue weighted by Gasteiger charge is 2.12. The normalized spacial score (nSPS) is 10.2. The Morgan fingerprint density at radius 1 is 1.04 bits per heavy atom. The average Bonchev–Trinajstić information content (AvgIpc) is 2.74. The molecule has 0 spiro atoms. The van der Waals surface area contributed by atoms with Crippen LogP contribution in [0, 0.1) is 0 Å². The Hall–Kier alpha value is -3.54. The lowest BCUT2D eigenvalue weighted by molar-refractivity contribution is 0.102. The Morgan fingerprint density at radius 2 is 1.82 bits per heavy atom. The predicted molar refractivity (Wildman–Crippen MR) is 110 cm³/mol. The molecule has 0 saturated carbocycles. The van der Waals surface area contributed by atoms with Gasteiger partial charge in [0.25, 0.3) is 5.91 Å².